The third-order valence-corrected chi connectivity index (χ3v) is 3.50. The van der Waals surface area contributed by atoms with Crippen molar-refractivity contribution in [2.75, 3.05) is 13.6 Å². The van der Waals surface area contributed by atoms with Crippen molar-refractivity contribution in [3.63, 3.8) is 0 Å². The van der Waals surface area contributed by atoms with E-state index in [0.29, 0.717) is 17.9 Å². The average Bonchev–Trinajstić information content (AvgIpc) is 2.74. The zero-order valence-corrected chi connectivity index (χ0v) is 12.3. The smallest absolute Gasteiger partial charge is 0.138 e. The van der Waals surface area contributed by atoms with E-state index in [1.54, 1.807) is 0 Å². The molecule has 0 bridgehead atoms. The highest BCUT2D eigenvalue weighted by Gasteiger charge is 2.16. The largest absolute Gasteiger partial charge is 0.543 e. The number of imidazole rings is 1. The number of aromatic nitrogens is 2. The zero-order valence-electron chi connectivity index (χ0n) is 12.3. The Kier molecular flexibility index (Phi) is 4.39. The summed E-state index contributed by atoms with van der Waals surface area (Å²) in [6, 6.07) is 3.84. The lowest BCUT2D eigenvalue weighted by molar-refractivity contribution is -0.894. The number of aryl methyl sites for hydroxylation is 1. The number of nitrogens with one attached hydrogen (secondary N) is 1. The van der Waals surface area contributed by atoms with Gasteiger partial charge in [0, 0.05) is 6.20 Å². The van der Waals surface area contributed by atoms with Gasteiger partial charge in [0.25, 0.3) is 0 Å². The molecule has 1 atom stereocenters. The van der Waals surface area contributed by atoms with E-state index in [1.165, 1.54) is 4.90 Å². The molecule has 0 aromatic carbocycles. The highest BCUT2D eigenvalue weighted by Crippen LogP contribution is 2.13. The predicted molar refractivity (Wildman–Crippen MR) is 74.6 cm³/mol. The Hall–Kier alpha value is -1.88. The molecule has 2 heterocycles. The van der Waals surface area contributed by atoms with Crippen LogP contribution in [0, 0.1) is 6.92 Å². The first-order valence-electron chi connectivity index (χ1n) is 7.03. The molecule has 2 aromatic rings. The minimum Gasteiger partial charge on any atom is -0.543 e. The molecule has 0 saturated heterocycles. The normalized spacial score (nSPS) is 12.8. The first kappa shape index (κ1) is 14.5. The van der Waals surface area contributed by atoms with Gasteiger partial charge in [-0.3, -0.25) is 4.40 Å². The lowest BCUT2D eigenvalue weighted by Crippen LogP contribution is -3.07. The monoisotopic (exact) mass is 275 g/mol. The van der Waals surface area contributed by atoms with E-state index in [-0.39, 0.29) is 5.69 Å². The molecule has 108 valence electrons. The van der Waals surface area contributed by atoms with Crippen LogP contribution in [0.15, 0.2) is 18.3 Å². The molecule has 2 aromatic heterocycles. The second kappa shape index (κ2) is 6.05. The van der Waals surface area contributed by atoms with Crippen molar-refractivity contribution < 1.29 is 14.8 Å². The Bertz CT molecular complexity index is 619. The first-order chi connectivity index (χ1) is 9.52. The molecule has 5 heteroatoms. The summed E-state index contributed by atoms with van der Waals surface area (Å²) in [6.45, 7) is 5.76. The minimum absolute atomic E-state index is 0.0615. The van der Waals surface area contributed by atoms with Crippen LogP contribution in [0.2, 0.25) is 0 Å². The Morgan fingerprint density at radius 2 is 2.25 bits per heavy atom. The second-order valence-electron chi connectivity index (χ2n) is 5.36. The molecular formula is C15H21N3O2. The van der Waals surface area contributed by atoms with Gasteiger partial charge in [-0.1, -0.05) is 13.3 Å². The van der Waals surface area contributed by atoms with Gasteiger partial charge in [0.1, 0.15) is 23.6 Å². The SMILES string of the molecule is CCCC[NH+](C)Cc1c(C(=O)[O-])nc2cc(C)ccn12. The number of unbranched alkanes of at least 4 members (excludes halogenated alkanes) is 1. The standard InChI is InChI=1S/C15H21N3O2/c1-4-5-7-17(3)10-12-14(15(19)20)16-13-9-11(2)6-8-18(12)13/h6,8-9H,4-5,7,10H2,1-3H3,(H,19,20). The van der Waals surface area contributed by atoms with Crippen molar-refractivity contribution in [2.45, 2.75) is 33.2 Å². The van der Waals surface area contributed by atoms with Gasteiger partial charge in [-0.05, 0) is 31.0 Å². The number of fused-ring (bicyclic) bond motifs is 1. The number of carbonyl (C=O) groups is 1. The maximum Gasteiger partial charge on any atom is 0.138 e. The fourth-order valence-corrected chi connectivity index (χ4v) is 2.38. The van der Waals surface area contributed by atoms with Crippen molar-refractivity contribution in [1.82, 2.24) is 9.38 Å². The van der Waals surface area contributed by atoms with Crippen molar-refractivity contribution in [1.29, 1.82) is 0 Å². The summed E-state index contributed by atoms with van der Waals surface area (Å²) in [6.07, 6.45) is 4.14. The predicted octanol–water partition coefficient (Wildman–Crippen LogP) is -0.179. The van der Waals surface area contributed by atoms with Crippen LogP contribution >= 0.6 is 0 Å². The zero-order chi connectivity index (χ0) is 14.7. The number of rotatable bonds is 6. The van der Waals surface area contributed by atoms with Gasteiger partial charge in [-0.2, -0.15) is 0 Å². The van der Waals surface area contributed by atoms with Gasteiger partial charge in [-0.25, -0.2) is 4.98 Å². The van der Waals surface area contributed by atoms with E-state index in [0.717, 1.165) is 24.9 Å². The number of nitrogens with zero attached hydrogens (tertiary/aromatic N) is 2. The summed E-state index contributed by atoms with van der Waals surface area (Å²) < 4.78 is 1.85. The van der Waals surface area contributed by atoms with Crippen LogP contribution < -0.4 is 10.0 Å². The van der Waals surface area contributed by atoms with E-state index in [1.807, 2.05) is 29.7 Å². The molecular weight excluding hydrogens is 254 g/mol. The summed E-state index contributed by atoms with van der Waals surface area (Å²) in [4.78, 5) is 16.7. The van der Waals surface area contributed by atoms with Crippen LogP contribution in [-0.4, -0.2) is 28.9 Å². The van der Waals surface area contributed by atoms with Gasteiger partial charge >= 0.3 is 0 Å². The Morgan fingerprint density at radius 1 is 1.50 bits per heavy atom. The fourth-order valence-electron chi connectivity index (χ4n) is 2.38. The number of carbonyl (C=O) groups excluding carboxylic acids is 1. The molecule has 5 nitrogen and oxygen atoms in total. The van der Waals surface area contributed by atoms with E-state index < -0.39 is 5.97 Å². The number of carboxylic acid groups (broad SMARTS) is 1. The van der Waals surface area contributed by atoms with Gasteiger partial charge in [0.05, 0.1) is 19.6 Å². The Morgan fingerprint density at radius 3 is 2.90 bits per heavy atom. The van der Waals surface area contributed by atoms with Gasteiger partial charge in [0.2, 0.25) is 0 Å². The van der Waals surface area contributed by atoms with E-state index in [9.17, 15) is 9.90 Å². The van der Waals surface area contributed by atoms with Crippen LogP contribution in [0.5, 0.6) is 0 Å². The number of carboxylic acids is 1. The molecule has 1 unspecified atom stereocenters. The third-order valence-electron chi connectivity index (χ3n) is 3.50. The van der Waals surface area contributed by atoms with E-state index in [2.05, 4.69) is 19.0 Å². The van der Waals surface area contributed by atoms with Gasteiger partial charge in [-0.15, -0.1) is 0 Å². The van der Waals surface area contributed by atoms with Crippen molar-refractivity contribution in [2.24, 2.45) is 0 Å². The summed E-state index contributed by atoms with van der Waals surface area (Å²) in [5.41, 5.74) is 2.51. The molecule has 0 aliphatic heterocycles. The van der Waals surface area contributed by atoms with Crippen LogP contribution in [-0.2, 0) is 6.54 Å². The minimum atomic E-state index is -1.20. The van der Waals surface area contributed by atoms with Crippen LogP contribution in [0.1, 0.15) is 41.5 Å². The molecule has 2 rings (SSSR count). The van der Waals surface area contributed by atoms with Crippen LogP contribution in [0.4, 0.5) is 0 Å². The molecule has 0 aliphatic carbocycles. The van der Waals surface area contributed by atoms with Crippen molar-refractivity contribution in [3.05, 3.63) is 35.3 Å². The lowest BCUT2D eigenvalue weighted by atomic mass is 10.2. The Balaban J connectivity index is 2.38. The Labute approximate surface area is 118 Å². The molecule has 0 radical (unpaired) electrons. The molecule has 0 spiro atoms. The molecule has 20 heavy (non-hydrogen) atoms. The highest BCUT2D eigenvalue weighted by molar-refractivity contribution is 5.86. The number of hydrogen-bond donors (Lipinski definition) is 1. The lowest BCUT2D eigenvalue weighted by Gasteiger charge is -2.14. The number of hydrogen-bond acceptors (Lipinski definition) is 3. The van der Waals surface area contributed by atoms with Gasteiger partial charge in [0.15, 0.2) is 0 Å². The fraction of sp³-hybridized carbons (Fsp3) is 0.467. The molecule has 1 N–H and O–H groups in total. The van der Waals surface area contributed by atoms with Crippen molar-refractivity contribution in [3.8, 4) is 0 Å². The molecule has 0 amide bonds. The molecule has 0 fully saturated rings. The van der Waals surface area contributed by atoms with E-state index in [4.69, 9.17) is 0 Å². The number of pyridine rings is 1. The molecule has 0 saturated carbocycles. The number of aromatic carboxylic acids is 1. The summed E-state index contributed by atoms with van der Waals surface area (Å²) in [5.74, 6) is -1.20. The van der Waals surface area contributed by atoms with Gasteiger partial charge < -0.3 is 14.8 Å². The summed E-state index contributed by atoms with van der Waals surface area (Å²) >= 11 is 0. The second-order valence-corrected chi connectivity index (χ2v) is 5.36. The van der Waals surface area contributed by atoms with Crippen LogP contribution in [0.3, 0.4) is 0 Å². The molecule has 0 aliphatic rings. The van der Waals surface area contributed by atoms with E-state index >= 15 is 0 Å². The summed E-state index contributed by atoms with van der Waals surface area (Å²) in [7, 11) is 2.07. The maximum atomic E-state index is 11.3. The quantitative estimate of drug-likeness (QED) is 0.795. The first-order valence-corrected chi connectivity index (χ1v) is 7.03. The third kappa shape index (κ3) is 2.99. The summed E-state index contributed by atoms with van der Waals surface area (Å²) in [5, 5.41) is 11.3. The van der Waals surface area contributed by atoms with Crippen LogP contribution in [0.25, 0.3) is 5.65 Å². The van der Waals surface area contributed by atoms with Crippen molar-refractivity contribution >= 4 is 11.6 Å². The average molecular weight is 275 g/mol. The number of quaternary nitrogens is 1. The highest BCUT2D eigenvalue weighted by atomic mass is 16.4. The maximum absolute atomic E-state index is 11.3. The topological polar surface area (TPSA) is 61.9 Å².